The minimum absolute atomic E-state index is 0.0831. The number of hydrogen-bond donors (Lipinski definition) is 0. The second kappa shape index (κ2) is 6.47. The van der Waals surface area contributed by atoms with Gasteiger partial charge < -0.3 is 0 Å². The van der Waals surface area contributed by atoms with Crippen LogP contribution in [0, 0.1) is 11.6 Å². The Morgan fingerprint density at radius 3 is 2.39 bits per heavy atom. The monoisotopic (exact) mass is 331 g/mol. The van der Waals surface area contributed by atoms with Crippen molar-refractivity contribution in [1.29, 1.82) is 0 Å². The second-order valence-electron chi connectivity index (χ2n) is 3.75. The highest BCUT2D eigenvalue weighted by atomic mass is 79.9. The lowest BCUT2D eigenvalue weighted by molar-refractivity contribution is -0.146. The predicted octanol–water partition coefficient (Wildman–Crippen LogP) is 3.72. The molecule has 0 spiro atoms. The Balaban J connectivity index is 2.79. The molecule has 0 aliphatic carbocycles. The summed E-state index contributed by atoms with van der Waals surface area (Å²) in [6.45, 7) is -1.35. The van der Waals surface area contributed by atoms with Gasteiger partial charge in [0, 0.05) is 24.0 Å². The number of hydrogen-bond acceptors (Lipinski definition) is 1. The summed E-state index contributed by atoms with van der Waals surface area (Å²) < 4.78 is 63.1. The summed E-state index contributed by atoms with van der Waals surface area (Å²) >= 11 is 3.03. The standard InChI is InChI=1S/C11H11BrF5N/c12-3-4-18(7-11(15,16)17)6-8-5-9(13)1-2-10(8)14/h1-2,5H,3-4,6-7H2. The third-order valence-electron chi connectivity index (χ3n) is 2.21. The summed E-state index contributed by atoms with van der Waals surface area (Å²) in [7, 11) is 0. The van der Waals surface area contributed by atoms with Crippen LogP contribution in [0.2, 0.25) is 0 Å². The van der Waals surface area contributed by atoms with Crippen molar-refractivity contribution in [3.05, 3.63) is 35.4 Å². The van der Waals surface area contributed by atoms with Gasteiger partial charge in [-0.15, -0.1) is 0 Å². The molecule has 1 rings (SSSR count). The summed E-state index contributed by atoms with van der Waals surface area (Å²) in [5.41, 5.74) is -0.0831. The van der Waals surface area contributed by atoms with E-state index in [0.29, 0.717) is 5.33 Å². The SMILES string of the molecule is Fc1ccc(F)c(CN(CCBr)CC(F)(F)F)c1. The first kappa shape index (κ1) is 15.4. The fourth-order valence-corrected chi connectivity index (χ4v) is 1.99. The molecule has 0 heterocycles. The van der Waals surface area contributed by atoms with E-state index in [0.717, 1.165) is 23.1 Å². The number of benzene rings is 1. The lowest BCUT2D eigenvalue weighted by atomic mass is 10.2. The van der Waals surface area contributed by atoms with Crippen molar-refractivity contribution in [2.24, 2.45) is 0 Å². The quantitative estimate of drug-likeness (QED) is 0.587. The molecular formula is C11H11BrF5N. The first-order chi connectivity index (χ1) is 8.31. The molecule has 1 aromatic rings. The topological polar surface area (TPSA) is 3.24 Å². The Hall–Kier alpha value is -0.690. The summed E-state index contributed by atoms with van der Waals surface area (Å²) in [6.07, 6.45) is -4.37. The molecule has 0 saturated carbocycles. The minimum Gasteiger partial charge on any atom is -0.290 e. The highest BCUT2D eigenvalue weighted by Gasteiger charge is 2.30. The van der Waals surface area contributed by atoms with Crippen LogP contribution in [0.5, 0.6) is 0 Å². The molecule has 0 atom stereocenters. The van der Waals surface area contributed by atoms with Crippen molar-refractivity contribution >= 4 is 15.9 Å². The van der Waals surface area contributed by atoms with Gasteiger partial charge in [0.1, 0.15) is 11.6 Å². The molecule has 102 valence electrons. The third kappa shape index (κ3) is 5.30. The molecule has 0 aliphatic heterocycles. The Labute approximate surface area is 110 Å². The van der Waals surface area contributed by atoms with Crippen LogP contribution < -0.4 is 0 Å². The fraction of sp³-hybridized carbons (Fsp3) is 0.455. The van der Waals surface area contributed by atoms with E-state index in [2.05, 4.69) is 15.9 Å². The van der Waals surface area contributed by atoms with Gasteiger partial charge in [-0.3, -0.25) is 4.90 Å². The Kier molecular flexibility index (Phi) is 5.52. The second-order valence-corrected chi connectivity index (χ2v) is 4.54. The van der Waals surface area contributed by atoms with Crippen molar-refractivity contribution in [1.82, 2.24) is 4.90 Å². The first-order valence-corrected chi connectivity index (χ1v) is 6.23. The van der Waals surface area contributed by atoms with Gasteiger partial charge in [0.05, 0.1) is 6.54 Å². The number of rotatable bonds is 5. The molecule has 0 amide bonds. The van der Waals surface area contributed by atoms with Crippen molar-refractivity contribution in [2.45, 2.75) is 12.7 Å². The zero-order chi connectivity index (χ0) is 13.8. The van der Waals surface area contributed by atoms with Gasteiger partial charge in [-0.2, -0.15) is 13.2 Å². The maximum atomic E-state index is 13.3. The highest BCUT2D eigenvalue weighted by Crippen LogP contribution is 2.19. The average Bonchev–Trinajstić information content (AvgIpc) is 2.21. The van der Waals surface area contributed by atoms with Gasteiger partial charge in [-0.05, 0) is 18.2 Å². The van der Waals surface area contributed by atoms with Gasteiger partial charge in [-0.1, -0.05) is 15.9 Å². The average molecular weight is 332 g/mol. The lowest BCUT2D eigenvalue weighted by Crippen LogP contribution is -2.35. The number of halogens is 6. The Bertz CT molecular complexity index is 394. The molecule has 0 bridgehead atoms. The number of alkyl halides is 4. The fourth-order valence-electron chi connectivity index (χ4n) is 1.49. The lowest BCUT2D eigenvalue weighted by Gasteiger charge is -2.23. The Morgan fingerprint density at radius 2 is 1.83 bits per heavy atom. The molecule has 7 heteroatoms. The van der Waals surface area contributed by atoms with Crippen LogP contribution in [0.3, 0.4) is 0 Å². The van der Waals surface area contributed by atoms with Crippen molar-refractivity contribution in [3.8, 4) is 0 Å². The molecule has 0 fully saturated rings. The normalized spacial score (nSPS) is 12.2. The summed E-state index contributed by atoms with van der Waals surface area (Å²) in [5, 5.41) is 0.319. The number of nitrogens with zero attached hydrogens (tertiary/aromatic N) is 1. The molecule has 1 nitrogen and oxygen atoms in total. The van der Waals surface area contributed by atoms with E-state index in [4.69, 9.17) is 0 Å². The van der Waals surface area contributed by atoms with Crippen LogP contribution in [0.15, 0.2) is 18.2 Å². The van der Waals surface area contributed by atoms with E-state index in [9.17, 15) is 22.0 Å². The molecule has 1 aromatic carbocycles. The van der Waals surface area contributed by atoms with E-state index >= 15 is 0 Å². The maximum absolute atomic E-state index is 13.3. The molecule has 0 unspecified atom stereocenters. The van der Waals surface area contributed by atoms with Gasteiger partial charge in [-0.25, -0.2) is 8.78 Å². The molecule has 18 heavy (non-hydrogen) atoms. The van der Waals surface area contributed by atoms with Gasteiger partial charge in [0.15, 0.2) is 0 Å². The minimum atomic E-state index is -4.37. The zero-order valence-electron chi connectivity index (χ0n) is 9.28. The van der Waals surface area contributed by atoms with Crippen molar-refractivity contribution in [3.63, 3.8) is 0 Å². The van der Waals surface area contributed by atoms with Crippen LogP contribution in [0.25, 0.3) is 0 Å². The molecule has 0 N–H and O–H groups in total. The van der Waals surface area contributed by atoms with E-state index in [1.165, 1.54) is 0 Å². The van der Waals surface area contributed by atoms with E-state index in [1.807, 2.05) is 0 Å². The van der Waals surface area contributed by atoms with Crippen molar-refractivity contribution in [2.75, 3.05) is 18.4 Å². The summed E-state index contributed by atoms with van der Waals surface area (Å²) in [4.78, 5) is 1.01. The molecule has 0 radical (unpaired) electrons. The van der Waals surface area contributed by atoms with E-state index < -0.39 is 24.4 Å². The summed E-state index contributed by atoms with van der Waals surface area (Å²) in [5.74, 6) is -1.38. The zero-order valence-corrected chi connectivity index (χ0v) is 10.9. The smallest absolute Gasteiger partial charge is 0.290 e. The molecule has 0 saturated heterocycles. The van der Waals surface area contributed by atoms with Crippen LogP contribution in [-0.4, -0.2) is 29.5 Å². The van der Waals surface area contributed by atoms with Crippen LogP contribution in [0.1, 0.15) is 5.56 Å². The van der Waals surface area contributed by atoms with Gasteiger partial charge in [0.2, 0.25) is 0 Å². The molecule has 0 aliphatic rings. The van der Waals surface area contributed by atoms with Crippen LogP contribution in [0.4, 0.5) is 22.0 Å². The van der Waals surface area contributed by atoms with Gasteiger partial charge >= 0.3 is 6.18 Å². The molecule has 0 aromatic heterocycles. The van der Waals surface area contributed by atoms with Crippen molar-refractivity contribution < 1.29 is 22.0 Å². The first-order valence-electron chi connectivity index (χ1n) is 5.11. The molecular weight excluding hydrogens is 321 g/mol. The van der Waals surface area contributed by atoms with Crippen LogP contribution in [-0.2, 0) is 6.54 Å². The maximum Gasteiger partial charge on any atom is 0.401 e. The summed E-state index contributed by atoms with van der Waals surface area (Å²) in [6, 6.07) is 2.74. The Morgan fingerprint density at radius 1 is 1.17 bits per heavy atom. The van der Waals surface area contributed by atoms with Gasteiger partial charge in [0.25, 0.3) is 0 Å². The largest absolute Gasteiger partial charge is 0.401 e. The van der Waals surface area contributed by atoms with E-state index in [-0.39, 0.29) is 18.7 Å². The van der Waals surface area contributed by atoms with E-state index in [1.54, 1.807) is 0 Å². The third-order valence-corrected chi connectivity index (χ3v) is 2.56. The predicted molar refractivity (Wildman–Crippen MR) is 61.5 cm³/mol. The van der Waals surface area contributed by atoms with Crippen LogP contribution >= 0.6 is 15.9 Å². The highest BCUT2D eigenvalue weighted by molar-refractivity contribution is 9.09.